The Kier molecular flexibility index (Phi) is 3.96. The summed E-state index contributed by atoms with van der Waals surface area (Å²) in [5, 5.41) is 14.5. The monoisotopic (exact) mass is 322 g/mol. The number of aliphatic hydroxyl groups excluding tert-OH is 1. The maximum absolute atomic E-state index is 13.5. The molecule has 2 amide bonds. The van der Waals surface area contributed by atoms with Crippen molar-refractivity contribution in [2.75, 3.05) is 5.32 Å². The molecule has 2 aromatic carbocycles. The van der Waals surface area contributed by atoms with Crippen molar-refractivity contribution in [3.05, 3.63) is 65.0 Å². The Morgan fingerprint density at radius 2 is 1.78 bits per heavy atom. The maximum atomic E-state index is 13.5. The summed E-state index contributed by atoms with van der Waals surface area (Å²) >= 11 is 0. The van der Waals surface area contributed by atoms with Gasteiger partial charge in [-0.1, -0.05) is 24.3 Å². The van der Waals surface area contributed by atoms with E-state index in [9.17, 15) is 23.1 Å². The fourth-order valence-electron chi connectivity index (χ4n) is 2.70. The molecule has 2 aromatic rings. The Balaban J connectivity index is 1.76. The zero-order chi connectivity index (χ0) is 16.6. The molecule has 3 N–H and O–H groups in total. The van der Waals surface area contributed by atoms with E-state index in [1.54, 1.807) is 12.1 Å². The van der Waals surface area contributed by atoms with E-state index >= 15 is 0 Å². The van der Waals surface area contributed by atoms with Gasteiger partial charge in [-0.2, -0.15) is 0 Å². The molecule has 1 aliphatic rings. The molecule has 2 atom stereocenters. The Bertz CT molecular complexity index is 744. The normalized spacial score (nSPS) is 19.3. The third kappa shape index (κ3) is 3.00. The van der Waals surface area contributed by atoms with Crippen LogP contribution in [0, 0.1) is 17.5 Å². The minimum Gasteiger partial charge on any atom is -0.390 e. The standard InChI is InChI=1S/C16H13F3N2O2/c17-9-6-11(18)15(12(19)7-9)21-16(23)20-14-10-4-2-1-3-8(10)5-13(14)22/h1-4,6-7,13-14,22H,5H2,(H2,20,21,23)/t13-,14+/m0/s1. The van der Waals surface area contributed by atoms with E-state index in [4.69, 9.17) is 0 Å². The van der Waals surface area contributed by atoms with Crippen LogP contribution >= 0.6 is 0 Å². The predicted octanol–water partition coefficient (Wildman–Crippen LogP) is 2.88. The lowest BCUT2D eigenvalue weighted by atomic mass is 10.1. The van der Waals surface area contributed by atoms with Crippen LogP contribution in [-0.2, 0) is 6.42 Å². The summed E-state index contributed by atoms with van der Waals surface area (Å²) < 4.78 is 39.9. The lowest BCUT2D eigenvalue weighted by Gasteiger charge is -2.18. The molecule has 0 bridgehead atoms. The van der Waals surface area contributed by atoms with Crippen LogP contribution < -0.4 is 10.6 Å². The molecule has 0 saturated heterocycles. The zero-order valence-corrected chi connectivity index (χ0v) is 11.8. The Morgan fingerprint density at radius 3 is 2.48 bits per heavy atom. The van der Waals surface area contributed by atoms with Gasteiger partial charge in [0.15, 0.2) is 11.6 Å². The van der Waals surface area contributed by atoms with Crippen LogP contribution in [0.1, 0.15) is 17.2 Å². The van der Waals surface area contributed by atoms with Gasteiger partial charge in [-0.25, -0.2) is 18.0 Å². The van der Waals surface area contributed by atoms with Crippen molar-refractivity contribution in [1.29, 1.82) is 0 Å². The van der Waals surface area contributed by atoms with Gasteiger partial charge in [0, 0.05) is 18.6 Å². The number of anilines is 1. The van der Waals surface area contributed by atoms with Crippen molar-refractivity contribution in [1.82, 2.24) is 5.32 Å². The van der Waals surface area contributed by atoms with Gasteiger partial charge in [-0.3, -0.25) is 0 Å². The average Bonchev–Trinajstić information content (AvgIpc) is 2.79. The van der Waals surface area contributed by atoms with E-state index in [1.807, 2.05) is 17.4 Å². The second kappa shape index (κ2) is 5.92. The number of aliphatic hydroxyl groups is 1. The lowest BCUT2D eigenvalue weighted by molar-refractivity contribution is 0.144. The summed E-state index contributed by atoms with van der Waals surface area (Å²) in [6.45, 7) is 0. The van der Waals surface area contributed by atoms with E-state index in [2.05, 4.69) is 5.32 Å². The third-order valence-electron chi connectivity index (χ3n) is 3.74. The minimum absolute atomic E-state index is 0.375. The van der Waals surface area contributed by atoms with Crippen molar-refractivity contribution in [2.24, 2.45) is 0 Å². The number of halogens is 3. The van der Waals surface area contributed by atoms with Crippen molar-refractivity contribution < 1.29 is 23.1 Å². The number of nitrogens with one attached hydrogen (secondary N) is 2. The number of rotatable bonds is 2. The van der Waals surface area contributed by atoms with Crippen molar-refractivity contribution >= 4 is 11.7 Å². The van der Waals surface area contributed by atoms with Gasteiger partial charge in [-0.15, -0.1) is 0 Å². The molecule has 23 heavy (non-hydrogen) atoms. The maximum Gasteiger partial charge on any atom is 0.319 e. The van der Waals surface area contributed by atoms with Gasteiger partial charge < -0.3 is 15.7 Å². The van der Waals surface area contributed by atoms with Crippen molar-refractivity contribution in [2.45, 2.75) is 18.6 Å². The van der Waals surface area contributed by atoms with Crippen LogP contribution in [0.5, 0.6) is 0 Å². The lowest BCUT2D eigenvalue weighted by Crippen LogP contribution is -2.37. The molecule has 1 aliphatic carbocycles. The molecule has 7 heteroatoms. The van der Waals surface area contributed by atoms with Gasteiger partial charge in [0.2, 0.25) is 0 Å². The van der Waals surface area contributed by atoms with Crippen LogP contribution in [-0.4, -0.2) is 17.2 Å². The summed E-state index contributed by atoms with van der Waals surface area (Å²) in [5.74, 6) is -3.51. The van der Waals surface area contributed by atoms with Crippen LogP contribution in [0.25, 0.3) is 0 Å². The van der Waals surface area contributed by atoms with Gasteiger partial charge >= 0.3 is 6.03 Å². The van der Waals surface area contributed by atoms with Gasteiger partial charge in [-0.05, 0) is 11.1 Å². The SMILES string of the molecule is O=C(Nc1c(F)cc(F)cc1F)N[C@@H]1c2ccccc2C[C@@H]1O. The van der Waals surface area contributed by atoms with Crippen molar-refractivity contribution in [3.8, 4) is 0 Å². The first-order chi connectivity index (χ1) is 11.0. The highest BCUT2D eigenvalue weighted by Crippen LogP contribution is 2.31. The number of amides is 2. The number of fused-ring (bicyclic) bond motifs is 1. The molecule has 0 aromatic heterocycles. The van der Waals surface area contributed by atoms with E-state index in [0.29, 0.717) is 18.6 Å². The minimum atomic E-state index is -1.22. The second-order valence-corrected chi connectivity index (χ2v) is 5.29. The molecule has 4 nitrogen and oxygen atoms in total. The molecule has 0 aliphatic heterocycles. The number of carbonyl (C=O) groups excluding carboxylic acids is 1. The number of urea groups is 1. The highest BCUT2D eigenvalue weighted by Gasteiger charge is 2.32. The summed E-state index contributed by atoms with van der Waals surface area (Å²) in [7, 11) is 0. The highest BCUT2D eigenvalue weighted by atomic mass is 19.1. The van der Waals surface area contributed by atoms with Crippen LogP contribution in [0.2, 0.25) is 0 Å². The number of hydrogen-bond acceptors (Lipinski definition) is 2. The second-order valence-electron chi connectivity index (χ2n) is 5.29. The Morgan fingerprint density at radius 1 is 1.13 bits per heavy atom. The number of benzene rings is 2. The topological polar surface area (TPSA) is 61.4 Å². The molecule has 3 rings (SSSR count). The molecule has 0 saturated carbocycles. The first kappa shape index (κ1) is 15.4. The molecule has 120 valence electrons. The van der Waals surface area contributed by atoms with Crippen molar-refractivity contribution in [3.63, 3.8) is 0 Å². The third-order valence-corrected chi connectivity index (χ3v) is 3.74. The quantitative estimate of drug-likeness (QED) is 0.796. The van der Waals surface area contributed by atoms with Gasteiger partial charge in [0.25, 0.3) is 0 Å². The summed E-state index contributed by atoms with van der Waals surface area (Å²) in [4.78, 5) is 12.0. The summed E-state index contributed by atoms with van der Waals surface area (Å²) in [6.07, 6.45) is -0.457. The largest absolute Gasteiger partial charge is 0.390 e. The summed E-state index contributed by atoms with van der Waals surface area (Å²) in [5.41, 5.74) is 0.893. The first-order valence-corrected chi connectivity index (χ1v) is 6.93. The van der Waals surface area contributed by atoms with E-state index in [1.165, 1.54) is 0 Å². The van der Waals surface area contributed by atoms with E-state index in [0.717, 1.165) is 11.1 Å². The molecular formula is C16H13F3N2O2. The van der Waals surface area contributed by atoms with Crippen LogP contribution in [0.15, 0.2) is 36.4 Å². The molecule has 0 fully saturated rings. The molecule has 0 heterocycles. The molecular weight excluding hydrogens is 309 g/mol. The van der Waals surface area contributed by atoms with Crippen LogP contribution in [0.4, 0.5) is 23.7 Å². The van der Waals surface area contributed by atoms with E-state index < -0.39 is 41.3 Å². The fourth-order valence-corrected chi connectivity index (χ4v) is 2.70. The van der Waals surface area contributed by atoms with Gasteiger partial charge in [0.05, 0.1) is 12.1 Å². The van der Waals surface area contributed by atoms with E-state index in [-0.39, 0.29) is 0 Å². The van der Waals surface area contributed by atoms with Gasteiger partial charge in [0.1, 0.15) is 11.5 Å². The molecule has 0 radical (unpaired) electrons. The zero-order valence-electron chi connectivity index (χ0n) is 11.8. The van der Waals surface area contributed by atoms with Crippen LogP contribution in [0.3, 0.4) is 0 Å². The Labute approximate surface area is 129 Å². The Hall–Kier alpha value is -2.54. The smallest absolute Gasteiger partial charge is 0.319 e. The molecule has 0 spiro atoms. The molecule has 0 unspecified atom stereocenters. The number of hydrogen-bond donors (Lipinski definition) is 3. The predicted molar refractivity (Wildman–Crippen MR) is 77.4 cm³/mol. The first-order valence-electron chi connectivity index (χ1n) is 6.93. The highest BCUT2D eigenvalue weighted by molar-refractivity contribution is 5.90. The summed E-state index contributed by atoms with van der Waals surface area (Å²) in [6, 6.07) is 6.54. The number of carbonyl (C=O) groups is 1. The average molecular weight is 322 g/mol. The fraction of sp³-hybridized carbons (Fsp3) is 0.188.